The van der Waals surface area contributed by atoms with Crippen molar-refractivity contribution in [3.63, 3.8) is 0 Å². The van der Waals surface area contributed by atoms with E-state index in [2.05, 4.69) is 28.1 Å². The van der Waals surface area contributed by atoms with Crippen LogP contribution >= 0.6 is 0 Å². The van der Waals surface area contributed by atoms with Crippen molar-refractivity contribution in [3.8, 4) is 6.07 Å². The Labute approximate surface area is 117 Å². The van der Waals surface area contributed by atoms with E-state index in [-0.39, 0.29) is 6.04 Å². The molecule has 2 aliphatic rings. The number of piperidine rings is 1. The first kappa shape index (κ1) is 14.8. The van der Waals surface area contributed by atoms with Gasteiger partial charge in [0, 0.05) is 13.1 Å². The molecule has 4 heteroatoms. The van der Waals surface area contributed by atoms with Gasteiger partial charge in [-0.25, -0.2) is 0 Å². The summed E-state index contributed by atoms with van der Waals surface area (Å²) < 4.78 is 0. The highest BCUT2D eigenvalue weighted by Crippen LogP contribution is 2.20. The summed E-state index contributed by atoms with van der Waals surface area (Å²) in [6.45, 7) is 10.1. The molecule has 1 atom stereocenters. The zero-order valence-corrected chi connectivity index (χ0v) is 12.3. The van der Waals surface area contributed by atoms with Gasteiger partial charge in [0.1, 0.15) is 6.04 Å². The van der Waals surface area contributed by atoms with E-state index in [1.807, 2.05) is 0 Å². The van der Waals surface area contributed by atoms with E-state index in [0.29, 0.717) is 0 Å². The largest absolute Gasteiger partial charge is 0.303 e. The van der Waals surface area contributed by atoms with Crippen molar-refractivity contribution in [2.45, 2.75) is 38.6 Å². The molecule has 2 rings (SSSR count). The zero-order chi connectivity index (χ0) is 13.5. The van der Waals surface area contributed by atoms with Gasteiger partial charge in [-0.3, -0.25) is 0 Å². The molecule has 4 nitrogen and oxygen atoms in total. The van der Waals surface area contributed by atoms with Crippen molar-refractivity contribution in [2.75, 3.05) is 45.8 Å². The number of hydrogen-bond donors (Lipinski definition) is 1. The standard InChI is InChI=1S/C15H28N4/c1-2-17-15(11-16)13-19-9-5-14(6-10-19)12-18-7-3-4-8-18/h14-15,17H,2-10,12-13H2,1H3. The maximum atomic E-state index is 9.08. The Hall–Kier alpha value is -0.630. The molecule has 2 aliphatic heterocycles. The van der Waals surface area contributed by atoms with Crippen LogP contribution in [0.2, 0.25) is 0 Å². The number of likely N-dealkylation sites (N-methyl/N-ethyl adjacent to an activating group) is 1. The Morgan fingerprint density at radius 2 is 1.84 bits per heavy atom. The summed E-state index contributed by atoms with van der Waals surface area (Å²) in [6, 6.07) is 2.36. The van der Waals surface area contributed by atoms with Crippen molar-refractivity contribution in [1.82, 2.24) is 15.1 Å². The second-order valence-corrected chi connectivity index (χ2v) is 5.99. The third kappa shape index (κ3) is 4.76. The molecule has 108 valence electrons. The zero-order valence-electron chi connectivity index (χ0n) is 12.3. The number of likely N-dealkylation sites (tertiary alicyclic amines) is 2. The molecule has 2 saturated heterocycles. The van der Waals surface area contributed by atoms with Crippen molar-refractivity contribution in [2.24, 2.45) is 5.92 Å². The van der Waals surface area contributed by atoms with Crippen LogP contribution < -0.4 is 5.32 Å². The van der Waals surface area contributed by atoms with Crippen LogP contribution in [0.1, 0.15) is 32.6 Å². The summed E-state index contributed by atoms with van der Waals surface area (Å²) >= 11 is 0. The molecule has 0 amide bonds. The number of hydrogen-bond acceptors (Lipinski definition) is 4. The first-order chi connectivity index (χ1) is 9.31. The van der Waals surface area contributed by atoms with E-state index in [4.69, 9.17) is 5.26 Å². The minimum absolute atomic E-state index is 0.000122. The highest BCUT2D eigenvalue weighted by molar-refractivity contribution is 4.92. The van der Waals surface area contributed by atoms with Gasteiger partial charge in [0.2, 0.25) is 0 Å². The van der Waals surface area contributed by atoms with E-state index in [9.17, 15) is 0 Å². The van der Waals surface area contributed by atoms with Crippen LogP contribution in [0.15, 0.2) is 0 Å². The summed E-state index contributed by atoms with van der Waals surface area (Å²) in [5, 5.41) is 12.3. The maximum Gasteiger partial charge on any atom is 0.108 e. The molecule has 0 aliphatic carbocycles. The average molecular weight is 264 g/mol. The Balaban J connectivity index is 1.65. The predicted molar refractivity (Wildman–Crippen MR) is 77.9 cm³/mol. The monoisotopic (exact) mass is 264 g/mol. The van der Waals surface area contributed by atoms with Gasteiger partial charge in [-0.1, -0.05) is 6.92 Å². The van der Waals surface area contributed by atoms with Crippen LogP contribution in [-0.4, -0.2) is 61.7 Å². The Kier molecular flexibility index (Phi) is 6.09. The molecule has 0 aromatic carbocycles. The van der Waals surface area contributed by atoms with Crippen LogP contribution in [0.5, 0.6) is 0 Å². The lowest BCUT2D eigenvalue weighted by Gasteiger charge is -2.34. The molecule has 2 heterocycles. The van der Waals surface area contributed by atoms with Gasteiger partial charge in [-0.2, -0.15) is 5.26 Å². The minimum atomic E-state index is 0.000122. The topological polar surface area (TPSA) is 42.3 Å². The highest BCUT2D eigenvalue weighted by atomic mass is 15.2. The molecular formula is C15H28N4. The Morgan fingerprint density at radius 3 is 2.42 bits per heavy atom. The molecule has 1 N–H and O–H groups in total. The maximum absolute atomic E-state index is 9.08. The summed E-state index contributed by atoms with van der Waals surface area (Å²) in [6.07, 6.45) is 5.40. The third-order valence-corrected chi connectivity index (χ3v) is 4.47. The third-order valence-electron chi connectivity index (χ3n) is 4.47. The normalized spacial score (nSPS) is 24.4. The molecule has 2 fully saturated rings. The minimum Gasteiger partial charge on any atom is -0.303 e. The predicted octanol–water partition coefficient (Wildman–Crippen LogP) is 1.30. The van der Waals surface area contributed by atoms with E-state index < -0.39 is 0 Å². The average Bonchev–Trinajstić information content (AvgIpc) is 2.93. The second-order valence-electron chi connectivity index (χ2n) is 5.99. The number of nitrogens with one attached hydrogen (secondary N) is 1. The van der Waals surface area contributed by atoms with Gasteiger partial charge in [-0.15, -0.1) is 0 Å². The summed E-state index contributed by atoms with van der Waals surface area (Å²) in [4.78, 5) is 5.09. The summed E-state index contributed by atoms with van der Waals surface area (Å²) in [7, 11) is 0. The lowest BCUT2D eigenvalue weighted by molar-refractivity contribution is 0.149. The van der Waals surface area contributed by atoms with Crippen LogP contribution in [0, 0.1) is 17.2 Å². The van der Waals surface area contributed by atoms with Gasteiger partial charge in [0.05, 0.1) is 6.07 Å². The fourth-order valence-electron chi connectivity index (χ4n) is 3.34. The summed E-state index contributed by atoms with van der Waals surface area (Å²) in [5.74, 6) is 0.883. The van der Waals surface area contributed by atoms with E-state index >= 15 is 0 Å². The van der Waals surface area contributed by atoms with Gasteiger partial charge in [0.15, 0.2) is 0 Å². The van der Waals surface area contributed by atoms with Crippen molar-refractivity contribution < 1.29 is 0 Å². The van der Waals surface area contributed by atoms with E-state index in [1.54, 1.807) is 0 Å². The molecule has 0 radical (unpaired) electrons. The molecule has 0 saturated carbocycles. The van der Waals surface area contributed by atoms with E-state index in [1.165, 1.54) is 58.4 Å². The Morgan fingerprint density at radius 1 is 1.16 bits per heavy atom. The van der Waals surface area contributed by atoms with Crippen molar-refractivity contribution >= 4 is 0 Å². The lowest BCUT2D eigenvalue weighted by Crippen LogP contribution is -2.44. The smallest absolute Gasteiger partial charge is 0.108 e. The SMILES string of the molecule is CCNC(C#N)CN1CCC(CN2CCCC2)CC1. The first-order valence-corrected chi connectivity index (χ1v) is 7.89. The van der Waals surface area contributed by atoms with Gasteiger partial charge in [-0.05, 0) is 64.3 Å². The number of nitrogens with zero attached hydrogens (tertiary/aromatic N) is 3. The van der Waals surface area contributed by atoms with Crippen LogP contribution in [-0.2, 0) is 0 Å². The van der Waals surface area contributed by atoms with Crippen molar-refractivity contribution in [3.05, 3.63) is 0 Å². The molecule has 0 aromatic heterocycles. The van der Waals surface area contributed by atoms with Crippen LogP contribution in [0.3, 0.4) is 0 Å². The van der Waals surface area contributed by atoms with Crippen molar-refractivity contribution in [1.29, 1.82) is 5.26 Å². The number of nitriles is 1. The second kappa shape index (κ2) is 7.84. The van der Waals surface area contributed by atoms with Crippen LogP contribution in [0.4, 0.5) is 0 Å². The fourth-order valence-corrected chi connectivity index (χ4v) is 3.34. The molecule has 0 aromatic rings. The Bertz CT molecular complexity index is 285. The molecule has 19 heavy (non-hydrogen) atoms. The molecular weight excluding hydrogens is 236 g/mol. The van der Waals surface area contributed by atoms with Crippen LogP contribution in [0.25, 0.3) is 0 Å². The first-order valence-electron chi connectivity index (χ1n) is 7.89. The fraction of sp³-hybridized carbons (Fsp3) is 0.933. The lowest BCUT2D eigenvalue weighted by atomic mass is 9.96. The van der Waals surface area contributed by atoms with Gasteiger partial charge in [0.25, 0.3) is 0 Å². The number of rotatable bonds is 6. The van der Waals surface area contributed by atoms with Gasteiger partial charge < -0.3 is 15.1 Å². The molecule has 0 bridgehead atoms. The van der Waals surface area contributed by atoms with E-state index in [0.717, 1.165) is 19.0 Å². The molecule has 0 spiro atoms. The summed E-state index contributed by atoms with van der Waals surface area (Å²) in [5.41, 5.74) is 0. The highest BCUT2D eigenvalue weighted by Gasteiger charge is 2.23. The quantitative estimate of drug-likeness (QED) is 0.785. The molecule has 1 unspecified atom stereocenters. The van der Waals surface area contributed by atoms with Gasteiger partial charge >= 0.3 is 0 Å².